The molecule has 0 spiro atoms. The minimum absolute atomic E-state index is 0.0340. The van der Waals surface area contributed by atoms with Crippen LogP contribution in [0.15, 0.2) is 11.6 Å². The summed E-state index contributed by atoms with van der Waals surface area (Å²) >= 11 is 0. The third kappa shape index (κ3) is 7.28. The van der Waals surface area contributed by atoms with Crippen molar-refractivity contribution >= 4 is 5.97 Å². The molecule has 0 aromatic rings. The molecule has 16 nitrogen and oxygen atoms in total. The van der Waals surface area contributed by atoms with Crippen molar-refractivity contribution in [2.75, 3.05) is 19.8 Å². The Morgan fingerprint density at radius 1 is 0.694 bits per heavy atom. The largest absolute Gasteiger partial charge is 0.432 e. The van der Waals surface area contributed by atoms with Gasteiger partial charge in [0.2, 0.25) is 6.29 Å². The minimum atomic E-state index is -1.67. The second kappa shape index (κ2) is 16.5. The van der Waals surface area contributed by atoms with Crippen molar-refractivity contribution in [3.63, 3.8) is 0 Å². The number of rotatable bonds is 7. The zero-order valence-electron chi connectivity index (χ0n) is 37.5. The van der Waals surface area contributed by atoms with Crippen molar-refractivity contribution < 1.29 is 79.2 Å². The highest BCUT2D eigenvalue weighted by molar-refractivity contribution is 5.79. The highest BCUT2D eigenvalue weighted by Gasteiger charge is 2.70. The Labute approximate surface area is 364 Å². The summed E-state index contributed by atoms with van der Waals surface area (Å²) in [5, 5.41) is 94.1. The van der Waals surface area contributed by atoms with Crippen LogP contribution in [0.25, 0.3) is 0 Å². The number of aliphatic hydroxyl groups excluding tert-OH is 9. The van der Waals surface area contributed by atoms with E-state index in [-0.39, 0.29) is 58.2 Å². The molecule has 354 valence electrons. The van der Waals surface area contributed by atoms with Gasteiger partial charge in [-0.15, -0.1) is 0 Å². The van der Waals surface area contributed by atoms with Crippen molar-refractivity contribution in [1.29, 1.82) is 0 Å². The standard InChI is InChI=1S/C46H74O16/c1-41(2)14-16-46(40(56)62-38-35(55)33(53)32(52)26(19-47)59-38)17-15-44(6)22(23(46)18-41)8-9-28-43(5)12-11-29(42(3,4)27(43)10-13-45(28,44)7)60-39-36(31(51)25(49)21-58-39)61-37-34(54)30(50)24(48)20-57-37/h8,23-39,47-55H,9-21H2,1-7H3/t23-,24-,25-,26+,27-,28+,29-,30-,31-,32+,33-,34+,35+,36+,37-,38-,39-,43-,44+,45+,46-/m0/s1. The molecule has 8 aliphatic rings. The predicted molar refractivity (Wildman–Crippen MR) is 218 cm³/mol. The van der Waals surface area contributed by atoms with Crippen molar-refractivity contribution in [2.24, 2.45) is 50.2 Å². The van der Waals surface area contributed by atoms with E-state index in [1.54, 1.807) is 0 Å². The Kier molecular flexibility index (Phi) is 12.5. The summed E-state index contributed by atoms with van der Waals surface area (Å²) in [5.41, 5.74) is -0.359. The van der Waals surface area contributed by atoms with Crippen LogP contribution in [0, 0.1) is 50.2 Å². The van der Waals surface area contributed by atoms with Crippen LogP contribution < -0.4 is 0 Å². The number of carbonyl (C=O) groups is 1. The molecule has 0 bridgehead atoms. The Bertz CT molecular complexity index is 1690. The van der Waals surface area contributed by atoms with Gasteiger partial charge in [-0.05, 0) is 109 Å². The molecule has 0 radical (unpaired) electrons. The molecule has 0 aromatic heterocycles. The number of ether oxygens (including phenoxy) is 6. The van der Waals surface area contributed by atoms with Crippen molar-refractivity contribution in [3.05, 3.63) is 11.6 Å². The molecule has 3 saturated heterocycles. The fraction of sp³-hybridized carbons (Fsp3) is 0.935. The van der Waals surface area contributed by atoms with Gasteiger partial charge in [0, 0.05) is 0 Å². The molecule has 3 heterocycles. The van der Waals surface area contributed by atoms with Gasteiger partial charge in [-0.25, -0.2) is 0 Å². The van der Waals surface area contributed by atoms with E-state index in [4.69, 9.17) is 28.4 Å². The maximum absolute atomic E-state index is 14.6. The summed E-state index contributed by atoms with van der Waals surface area (Å²) in [4.78, 5) is 14.6. The molecular weight excluding hydrogens is 808 g/mol. The molecule has 4 saturated carbocycles. The van der Waals surface area contributed by atoms with Gasteiger partial charge in [-0.1, -0.05) is 60.1 Å². The van der Waals surface area contributed by atoms with Gasteiger partial charge < -0.3 is 74.4 Å². The number of carbonyl (C=O) groups excluding carboxylic acids is 1. The molecule has 9 N–H and O–H groups in total. The average Bonchev–Trinajstić information content (AvgIpc) is 3.21. The molecule has 62 heavy (non-hydrogen) atoms. The zero-order valence-corrected chi connectivity index (χ0v) is 37.5. The summed E-state index contributed by atoms with van der Waals surface area (Å²) in [5.74, 6) is -0.0182. The zero-order chi connectivity index (χ0) is 45.1. The molecule has 7 fully saturated rings. The number of allylic oxidation sites excluding steroid dienone is 2. The van der Waals surface area contributed by atoms with E-state index in [0.29, 0.717) is 25.2 Å². The van der Waals surface area contributed by atoms with Crippen LogP contribution in [-0.4, -0.2) is 158 Å². The summed E-state index contributed by atoms with van der Waals surface area (Å²) in [6, 6.07) is 0. The van der Waals surface area contributed by atoms with E-state index in [9.17, 15) is 50.8 Å². The first-order valence-corrected chi connectivity index (χ1v) is 23.1. The molecular formula is C46H74O16. The lowest BCUT2D eigenvalue weighted by molar-refractivity contribution is -0.357. The number of fused-ring (bicyclic) bond motifs is 7. The van der Waals surface area contributed by atoms with Crippen LogP contribution in [0.2, 0.25) is 0 Å². The Balaban J connectivity index is 1.03. The van der Waals surface area contributed by atoms with E-state index < -0.39 is 97.9 Å². The van der Waals surface area contributed by atoms with Crippen LogP contribution in [-0.2, 0) is 33.2 Å². The number of hydrogen-bond acceptors (Lipinski definition) is 16. The highest BCUT2D eigenvalue weighted by Crippen LogP contribution is 2.76. The second-order valence-corrected chi connectivity index (χ2v) is 22.6. The van der Waals surface area contributed by atoms with Gasteiger partial charge in [0.15, 0.2) is 12.6 Å². The normalized spacial score (nSPS) is 53.5. The van der Waals surface area contributed by atoms with Crippen molar-refractivity contribution in [2.45, 2.75) is 199 Å². The Morgan fingerprint density at radius 2 is 1.34 bits per heavy atom. The SMILES string of the molecule is CC1(C)CC[C@]2(C(=O)O[C@@H]3O[C@H](CO)[C@@H](O)[C@H](O)[C@H]3O)CC[C@]3(C)C(=CC[C@@H]4[C@@]5(C)CC[C@H](O[C@@H]6OC[C@H](O)[C@H](O)[C@H]6O[C@@H]6OC[C@H](O)[C@H](O)[C@H]6O)C(C)(C)[C@@H]5CC[C@]43C)[C@@H]2C1. The van der Waals surface area contributed by atoms with Crippen LogP contribution >= 0.6 is 0 Å². The topological polar surface area (TPSA) is 255 Å². The molecule has 21 atom stereocenters. The van der Waals surface area contributed by atoms with E-state index in [1.165, 1.54) is 5.57 Å². The van der Waals surface area contributed by atoms with Gasteiger partial charge in [0.05, 0.1) is 31.3 Å². The first-order valence-electron chi connectivity index (χ1n) is 23.1. The van der Waals surface area contributed by atoms with Crippen LogP contribution in [0.5, 0.6) is 0 Å². The number of esters is 1. The number of hydrogen-bond donors (Lipinski definition) is 9. The first kappa shape index (κ1) is 47.2. The smallest absolute Gasteiger partial charge is 0.315 e. The first-order chi connectivity index (χ1) is 29.0. The molecule has 5 aliphatic carbocycles. The summed E-state index contributed by atoms with van der Waals surface area (Å²) in [6.07, 6.45) is -8.45. The van der Waals surface area contributed by atoms with Gasteiger partial charge in [0.1, 0.15) is 61.0 Å². The van der Waals surface area contributed by atoms with Crippen LogP contribution in [0.3, 0.4) is 0 Å². The van der Waals surface area contributed by atoms with Gasteiger partial charge in [-0.3, -0.25) is 4.79 Å². The maximum atomic E-state index is 14.6. The van der Waals surface area contributed by atoms with Crippen molar-refractivity contribution in [1.82, 2.24) is 0 Å². The fourth-order valence-electron chi connectivity index (χ4n) is 14.5. The van der Waals surface area contributed by atoms with Crippen LogP contribution in [0.4, 0.5) is 0 Å². The molecule has 16 heteroatoms. The monoisotopic (exact) mass is 882 g/mol. The Hall–Kier alpha value is -1.35. The summed E-state index contributed by atoms with van der Waals surface area (Å²) < 4.78 is 35.9. The van der Waals surface area contributed by atoms with Gasteiger partial charge in [-0.2, -0.15) is 0 Å². The second-order valence-electron chi connectivity index (χ2n) is 22.6. The quantitative estimate of drug-likeness (QED) is 0.0996. The van der Waals surface area contributed by atoms with E-state index in [1.807, 2.05) is 0 Å². The van der Waals surface area contributed by atoms with E-state index >= 15 is 0 Å². The van der Waals surface area contributed by atoms with E-state index in [2.05, 4.69) is 54.5 Å². The summed E-state index contributed by atoms with van der Waals surface area (Å²) in [6.45, 7) is 15.2. The molecule has 0 unspecified atom stereocenters. The summed E-state index contributed by atoms with van der Waals surface area (Å²) in [7, 11) is 0. The maximum Gasteiger partial charge on any atom is 0.315 e. The average molecular weight is 883 g/mol. The van der Waals surface area contributed by atoms with Crippen molar-refractivity contribution in [3.8, 4) is 0 Å². The third-order valence-electron chi connectivity index (χ3n) is 18.5. The third-order valence-corrected chi connectivity index (χ3v) is 18.5. The van der Waals surface area contributed by atoms with Gasteiger partial charge >= 0.3 is 5.97 Å². The molecule has 8 rings (SSSR count). The fourth-order valence-corrected chi connectivity index (χ4v) is 14.5. The lowest BCUT2D eigenvalue weighted by atomic mass is 9.33. The Morgan fingerprint density at radius 3 is 2.03 bits per heavy atom. The van der Waals surface area contributed by atoms with E-state index in [0.717, 1.165) is 44.9 Å². The molecule has 3 aliphatic heterocycles. The predicted octanol–water partition coefficient (Wildman–Crippen LogP) is 1.42. The molecule has 0 amide bonds. The lowest BCUT2D eigenvalue weighted by Crippen LogP contribution is -2.66. The van der Waals surface area contributed by atoms with Gasteiger partial charge in [0.25, 0.3) is 0 Å². The minimum Gasteiger partial charge on any atom is -0.432 e. The highest BCUT2D eigenvalue weighted by atomic mass is 16.8. The lowest BCUT2D eigenvalue weighted by Gasteiger charge is -2.71. The van der Waals surface area contributed by atoms with Crippen LogP contribution in [0.1, 0.15) is 113 Å². The molecule has 0 aromatic carbocycles. The number of aliphatic hydroxyl groups is 9.